The largest absolute Gasteiger partial charge is 0.406 e. The van der Waals surface area contributed by atoms with Crippen molar-refractivity contribution in [1.82, 2.24) is 19.8 Å². The van der Waals surface area contributed by atoms with Gasteiger partial charge in [-0.1, -0.05) is 30.3 Å². The number of nitrogens with one attached hydrogen (secondary N) is 1. The molecule has 8 heteroatoms. The zero-order valence-corrected chi connectivity index (χ0v) is 15.0. The molecule has 1 aromatic carbocycles. The zero-order chi connectivity index (χ0) is 19.3. The van der Waals surface area contributed by atoms with Crippen LogP contribution in [0.5, 0.6) is 0 Å². The van der Waals surface area contributed by atoms with Crippen LogP contribution < -0.4 is 5.32 Å². The second-order valence-electron chi connectivity index (χ2n) is 6.86. The van der Waals surface area contributed by atoms with Crippen molar-refractivity contribution in [2.24, 2.45) is 5.92 Å². The Morgan fingerprint density at radius 3 is 2.78 bits per heavy atom. The third kappa shape index (κ3) is 5.82. The number of likely N-dealkylation sites (tertiary alicyclic amines) is 1. The van der Waals surface area contributed by atoms with E-state index in [-0.39, 0.29) is 24.2 Å². The maximum atomic E-state index is 12.6. The summed E-state index contributed by atoms with van der Waals surface area (Å²) in [5.74, 6) is -0.0829. The first-order valence-corrected chi connectivity index (χ1v) is 9.01. The van der Waals surface area contributed by atoms with Crippen LogP contribution in [0, 0.1) is 5.92 Å². The number of alkyl halides is 3. The molecule has 1 aliphatic heterocycles. The number of nitrogens with zero attached hydrogens (tertiary/aromatic N) is 3. The summed E-state index contributed by atoms with van der Waals surface area (Å²) in [6.45, 7) is 1.27. The number of carbonyl (C=O) groups excluding carboxylic acids is 1. The predicted octanol–water partition coefficient (Wildman–Crippen LogP) is 2.97. The van der Waals surface area contributed by atoms with Gasteiger partial charge in [0.1, 0.15) is 12.4 Å². The van der Waals surface area contributed by atoms with Crippen LogP contribution in [0.2, 0.25) is 0 Å². The number of halogens is 3. The lowest BCUT2D eigenvalue weighted by Gasteiger charge is -2.32. The summed E-state index contributed by atoms with van der Waals surface area (Å²) in [5, 5.41) is 2.75. The fourth-order valence-electron chi connectivity index (χ4n) is 3.41. The van der Waals surface area contributed by atoms with E-state index in [0.717, 1.165) is 30.5 Å². The first-order chi connectivity index (χ1) is 12.9. The minimum Gasteiger partial charge on any atom is -0.349 e. The number of imidazole rings is 1. The lowest BCUT2D eigenvalue weighted by Crippen LogP contribution is -2.42. The third-order valence-electron chi connectivity index (χ3n) is 4.70. The van der Waals surface area contributed by atoms with Gasteiger partial charge in [-0.25, -0.2) is 4.98 Å². The summed E-state index contributed by atoms with van der Waals surface area (Å²) < 4.78 is 38.7. The molecule has 1 amide bonds. The van der Waals surface area contributed by atoms with Crippen LogP contribution in [0.15, 0.2) is 42.7 Å². The molecule has 5 nitrogen and oxygen atoms in total. The molecule has 1 aromatic heterocycles. The molecule has 3 rings (SSSR count). The Morgan fingerprint density at radius 2 is 2.04 bits per heavy atom. The molecule has 1 fully saturated rings. The fraction of sp³-hybridized carbons (Fsp3) is 0.474. The Bertz CT molecular complexity index is 745. The molecule has 1 aliphatic rings. The molecule has 1 unspecified atom stereocenters. The molecular formula is C19H23F3N4O. The lowest BCUT2D eigenvalue weighted by atomic mass is 9.96. The van der Waals surface area contributed by atoms with Crippen molar-refractivity contribution in [3.05, 3.63) is 54.1 Å². The van der Waals surface area contributed by atoms with E-state index in [1.807, 2.05) is 18.2 Å². The van der Waals surface area contributed by atoms with Crippen LogP contribution in [0.3, 0.4) is 0 Å². The Kier molecular flexibility index (Phi) is 6.15. The maximum Gasteiger partial charge on any atom is 0.406 e. The van der Waals surface area contributed by atoms with Gasteiger partial charge in [0.2, 0.25) is 5.91 Å². The van der Waals surface area contributed by atoms with Crippen molar-refractivity contribution >= 4 is 5.91 Å². The highest BCUT2D eigenvalue weighted by Crippen LogP contribution is 2.20. The van der Waals surface area contributed by atoms with Gasteiger partial charge in [0.05, 0.1) is 12.5 Å². The first kappa shape index (κ1) is 19.4. The SMILES string of the molecule is O=C(NCc1nccn1CC(F)(F)F)C1CCCN(Cc2ccccc2)C1. The van der Waals surface area contributed by atoms with Crippen molar-refractivity contribution in [3.8, 4) is 0 Å². The van der Waals surface area contributed by atoms with Crippen LogP contribution >= 0.6 is 0 Å². The molecule has 1 N–H and O–H groups in total. The Balaban J connectivity index is 1.52. The molecule has 0 saturated carbocycles. The van der Waals surface area contributed by atoms with E-state index in [1.165, 1.54) is 18.0 Å². The van der Waals surface area contributed by atoms with Crippen LogP contribution in [-0.4, -0.2) is 39.6 Å². The number of hydrogen-bond acceptors (Lipinski definition) is 3. The molecule has 1 saturated heterocycles. The highest BCUT2D eigenvalue weighted by atomic mass is 19.4. The molecule has 27 heavy (non-hydrogen) atoms. The van der Waals surface area contributed by atoms with Crippen molar-refractivity contribution < 1.29 is 18.0 Å². The summed E-state index contributed by atoms with van der Waals surface area (Å²) in [6, 6.07) is 10.1. The maximum absolute atomic E-state index is 12.6. The number of aromatic nitrogens is 2. The average molecular weight is 380 g/mol. The molecular weight excluding hydrogens is 357 g/mol. The average Bonchev–Trinajstić information content (AvgIpc) is 3.06. The second-order valence-corrected chi connectivity index (χ2v) is 6.86. The van der Waals surface area contributed by atoms with Crippen LogP contribution in [0.4, 0.5) is 13.2 Å². The summed E-state index contributed by atoms with van der Waals surface area (Å²) in [6.07, 6.45) is -0.0187. The van der Waals surface area contributed by atoms with E-state index >= 15 is 0 Å². The van der Waals surface area contributed by atoms with Crippen molar-refractivity contribution in [2.75, 3.05) is 13.1 Å². The summed E-state index contributed by atoms with van der Waals surface area (Å²) >= 11 is 0. The number of benzene rings is 1. The quantitative estimate of drug-likeness (QED) is 0.838. The number of amides is 1. The van der Waals surface area contributed by atoms with Gasteiger partial charge in [0.15, 0.2) is 0 Å². The van der Waals surface area contributed by atoms with E-state index in [2.05, 4.69) is 27.3 Å². The van der Waals surface area contributed by atoms with Gasteiger partial charge < -0.3 is 9.88 Å². The Morgan fingerprint density at radius 1 is 1.26 bits per heavy atom. The zero-order valence-electron chi connectivity index (χ0n) is 15.0. The molecule has 0 bridgehead atoms. The molecule has 0 spiro atoms. The van der Waals surface area contributed by atoms with Crippen LogP contribution in [0.1, 0.15) is 24.2 Å². The molecule has 2 aromatic rings. The van der Waals surface area contributed by atoms with Gasteiger partial charge in [-0.2, -0.15) is 13.2 Å². The molecule has 0 aliphatic carbocycles. The van der Waals surface area contributed by atoms with Gasteiger partial charge in [-0.15, -0.1) is 0 Å². The van der Waals surface area contributed by atoms with Gasteiger partial charge >= 0.3 is 6.18 Å². The van der Waals surface area contributed by atoms with E-state index in [1.54, 1.807) is 0 Å². The first-order valence-electron chi connectivity index (χ1n) is 9.01. The normalized spacial score (nSPS) is 18.4. The number of carbonyl (C=O) groups is 1. The van der Waals surface area contributed by atoms with Gasteiger partial charge in [-0.05, 0) is 24.9 Å². The van der Waals surface area contributed by atoms with Crippen LogP contribution in [0.25, 0.3) is 0 Å². The van der Waals surface area contributed by atoms with Gasteiger partial charge in [0.25, 0.3) is 0 Å². The molecule has 1 atom stereocenters. The van der Waals surface area contributed by atoms with Crippen molar-refractivity contribution in [1.29, 1.82) is 0 Å². The Labute approximate surface area is 156 Å². The number of piperidine rings is 1. The van der Waals surface area contributed by atoms with E-state index in [4.69, 9.17) is 0 Å². The van der Waals surface area contributed by atoms with E-state index in [9.17, 15) is 18.0 Å². The molecule has 0 radical (unpaired) electrons. The molecule has 146 valence electrons. The summed E-state index contributed by atoms with van der Waals surface area (Å²) in [5.41, 5.74) is 1.20. The fourth-order valence-corrected chi connectivity index (χ4v) is 3.41. The monoisotopic (exact) mass is 380 g/mol. The van der Waals surface area contributed by atoms with Gasteiger partial charge in [-0.3, -0.25) is 9.69 Å². The summed E-state index contributed by atoms with van der Waals surface area (Å²) in [4.78, 5) is 18.7. The highest BCUT2D eigenvalue weighted by molar-refractivity contribution is 5.78. The Hall–Kier alpha value is -2.35. The minimum absolute atomic E-state index is 0.00288. The lowest BCUT2D eigenvalue weighted by molar-refractivity contribution is -0.141. The third-order valence-corrected chi connectivity index (χ3v) is 4.70. The topological polar surface area (TPSA) is 50.2 Å². The van der Waals surface area contributed by atoms with Crippen molar-refractivity contribution in [3.63, 3.8) is 0 Å². The van der Waals surface area contributed by atoms with E-state index in [0.29, 0.717) is 6.54 Å². The number of rotatable bonds is 6. The minimum atomic E-state index is -4.32. The van der Waals surface area contributed by atoms with Crippen LogP contribution in [-0.2, 0) is 24.4 Å². The molecule has 2 heterocycles. The smallest absolute Gasteiger partial charge is 0.349 e. The highest BCUT2D eigenvalue weighted by Gasteiger charge is 2.29. The second kappa shape index (κ2) is 8.56. The number of hydrogen-bond donors (Lipinski definition) is 1. The predicted molar refractivity (Wildman–Crippen MR) is 94.6 cm³/mol. The van der Waals surface area contributed by atoms with Gasteiger partial charge in [0, 0.05) is 25.5 Å². The standard InChI is InChI=1S/C19H23F3N4O/c20-19(21,22)14-26-10-8-23-17(26)11-24-18(27)16-7-4-9-25(13-16)12-15-5-2-1-3-6-15/h1-3,5-6,8,10,16H,4,7,9,11-14H2,(H,24,27). The van der Waals surface area contributed by atoms with Crippen molar-refractivity contribution in [2.45, 2.75) is 38.7 Å². The van der Waals surface area contributed by atoms with E-state index < -0.39 is 12.7 Å². The summed E-state index contributed by atoms with van der Waals surface area (Å²) in [7, 11) is 0.